The molecular weight excluding hydrogens is 829 g/mol. The van der Waals surface area contributed by atoms with Crippen LogP contribution in [-0.2, 0) is 30.4 Å². The van der Waals surface area contributed by atoms with E-state index in [2.05, 4.69) is 50.9 Å². The lowest BCUT2D eigenvalue weighted by atomic mass is 9.92. The fourth-order valence-electron chi connectivity index (χ4n) is 9.65. The van der Waals surface area contributed by atoms with Gasteiger partial charge in [-0.1, -0.05) is 62.4 Å². The van der Waals surface area contributed by atoms with Crippen molar-refractivity contribution in [3.8, 4) is 28.1 Å². The third kappa shape index (κ3) is 8.18. The highest BCUT2D eigenvalue weighted by Crippen LogP contribution is 2.44. The topological polar surface area (TPSA) is 193 Å². The van der Waals surface area contributed by atoms with E-state index in [-0.39, 0.29) is 35.7 Å². The number of imidazole rings is 2. The lowest BCUT2D eigenvalue weighted by Crippen LogP contribution is -2.49. The molecule has 4 N–H and O–H groups in total. The minimum atomic E-state index is -0.949. The lowest BCUT2D eigenvalue weighted by Gasteiger charge is -2.28. The number of nitrogens with one attached hydrogen (secondary N) is 4. The zero-order valence-electron chi connectivity index (χ0n) is 37.3. The van der Waals surface area contributed by atoms with Gasteiger partial charge in [0.15, 0.2) is 17.6 Å². The predicted molar refractivity (Wildman–Crippen MR) is 242 cm³/mol. The number of ether oxygens (including phenoxy) is 4. The summed E-state index contributed by atoms with van der Waals surface area (Å²) >= 11 is 0. The van der Waals surface area contributed by atoms with E-state index in [4.69, 9.17) is 28.9 Å². The Balaban J connectivity index is 0.977. The summed E-state index contributed by atoms with van der Waals surface area (Å²) in [5, 5.41) is 7.39. The normalized spacial score (nSPS) is 18.9. The maximum absolute atomic E-state index is 14.3. The highest BCUT2D eigenvalue weighted by molar-refractivity contribution is 6.07. The van der Waals surface area contributed by atoms with Crippen LogP contribution in [-0.4, -0.2) is 99.6 Å². The first-order valence-corrected chi connectivity index (χ1v) is 21.9. The SMILES string of the molecule is COC[C@H]1C[C@@H](c2ncc(-c3ccc4c(c3)COc3cc5c(ccc6[nH]c([C@@H]7CCC(C)=[N+]7C(=O)[C@@H](NC(=O)OC)C(C)C)nc65)cc3-4)[nH]2)N(C(=O)[C@H](NC(=O)OC)c2ccccc2)C1. The van der Waals surface area contributed by atoms with Gasteiger partial charge >= 0.3 is 18.1 Å². The van der Waals surface area contributed by atoms with Gasteiger partial charge in [0.05, 0.1) is 49.8 Å². The van der Waals surface area contributed by atoms with Crippen molar-refractivity contribution < 1.29 is 42.7 Å². The highest BCUT2D eigenvalue weighted by atomic mass is 16.5. The molecule has 1 saturated heterocycles. The Morgan fingerprint density at radius 3 is 2.46 bits per heavy atom. The Hall–Kier alpha value is -7.07. The molecule has 9 rings (SSSR count). The molecule has 1 fully saturated rings. The fraction of sp³-hybridized carbons (Fsp3) is 0.367. The van der Waals surface area contributed by atoms with E-state index in [0.717, 1.165) is 67.6 Å². The van der Waals surface area contributed by atoms with Gasteiger partial charge in [0.2, 0.25) is 6.04 Å². The van der Waals surface area contributed by atoms with Gasteiger partial charge in [0, 0.05) is 50.3 Å². The van der Waals surface area contributed by atoms with Crippen molar-refractivity contribution in [1.82, 2.24) is 35.5 Å². The number of carbonyl (C=O) groups is 4. The molecule has 336 valence electrons. The highest BCUT2D eigenvalue weighted by Gasteiger charge is 2.45. The molecule has 6 aromatic rings. The van der Waals surface area contributed by atoms with Crippen molar-refractivity contribution in [3.63, 3.8) is 0 Å². The minimum absolute atomic E-state index is 0.0670. The number of aromatic nitrogens is 4. The number of hydrogen-bond acceptors (Lipinski definition) is 10. The molecule has 16 heteroatoms. The maximum atomic E-state index is 14.3. The average Bonchev–Trinajstić information content (AvgIpc) is 4.15. The molecule has 4 aromatic carbocycles. The van der Waals surface area contributed by atoms with E-state index >= 15 is 0 Å². The van der Waals surface area contributed by atoms with Crippen molar-refractivity contribution in [2.75, 3.05) is 34.5 Å². The molecular formula is C49H53N8O8+. The van der Waals surface area contributed by atoms with Crippen LogP contribution in [0.4, 0.5) is 9.59 Å². The third-order valence-corrected chi connectivity index (χ3v) is 12.9. The van der Waals surface area contributed by atoms with Gasteiger partial charge in [0.25, 0.3) is 5.91 Å². The zero-order valence-corrected chi connectivity index (χ0v) is 37.3. The zero-order chi connectivity index (χ0) is 45.5. The molecule has 3 aliphatic heterocycles. The van der Waals surface area contributed by atoms with E-state index in [9.17, 15) is 19.2 Å². The van der Waals surface area contributed by atoms with E-state index in [0.29, 0.717) is 49.8 Å². The number of benzene rings is 4. The van der Waals surface area contributed by atoms with Crippen molar-refractivity contribution in [1.29, 1.82) is 0 Å². The van der Waals surface area contributed by atoms with Gasteiger partial charge in [-0.2, -0.15) is 4.58 Å². The molecule has 16 nitrogen and oxygen atoms in total. The summed E-state index contributed by atoms with van der Waals surface area (Å²) < 4.78 is 23.5. The van der Waals surface area contributed by atoms with Gasteiger partial charge in [-0.15, -0.1) is 0 Å². The summed E-state index contributed by atoms with van der Waals surface area (Å²) in [4.78, 5) is 71.6. The smallest absolute Gasteiger partial charge is 0.410 e. The number of alkyl carbamates (subject to hydrolysis) is 2. The van der Waals surface area contributed by atoms with Crippen molar-refractivity contribution >= 4 is 51.5 Å². The molecule has 5 atom stereocenters. The van der Waals surface area contributed by atoms with Gasteiger partial charge in [-0.3, -0.25) is 4.79 Å². The molecule has 0 saturated carbocycles. The Kier molecular flexibility index (Phi) is 11.9. The standard InChI is InChI=1S/C49H52N8O8/c1-26(2)41(54-48(60)63-5)47(59)57-27(3)12-17-38(57)45-51-36-16-14-30-20-35-33-15-13-31(19-32(33)25-65-40(35)21-34(30)43(36)53-45)37-22-50-44(52-37)39-18-28(24-62-4)23-56(39)46(58)42(55-49(61)64-6)29-10-8-7-9-11-29/h7-11,13-16,19-22,26,28,38-39,41-42H,12,17-18,23-25H2,1-6H3,(H3-,50,51,52,53,54,55,60,61)/p+1/t28-,38-,39-,41-,42+/m0/s1. The molecule has 0 aliphatic carbocycles. The largest absolute Gasteiger partial charge is 0.488 e. The summed E-state index contributed by atoms with van der Waals surface area (Å²) in [6.45, 7) is 7.01. The summed E-state index contributed by atoms with van der Waals surface area (Å²) in [7, 11) is 4.21. The van der Waals surface area contributed by atoms with Crippen LogP contribution in [0.2, 0.25) is 0 Å². The molecule has 0 spiro atoms. The second-order valence-corrected chi connectivity index (χ2v) is 17.4. The second kappa shape index (κ2) is 17.8. The van der Waals surface area contributed by atoms with Crippen molar-refractivity contribution in [2.45, 2.75) is 70.8 Å². The van der Waals surface area contributed by atoms with Crippen LogP contribution in [0.1, 0.15) is 80.9 Å². The molecule has 65 heavy (non-hydrogen) atoms. The third-order valence-electron chi connectivity index (χ3n) is 12.9. The van der Waals surface area contributed by atoms with Crippen molar-refractivity contribution in [3.05, 3.63) is 102 Å². The van der Waals surface area contributed by atoms with Crippen LogP contribution < -0.4 is 15.4 Å². The molecule has 0 bridgehead atoms. The maximum Gasteiger partial charge on any atom is 0.410 e. The number of methoxy groups -OCH3 is 3. The van der Waals surface area contributed by atoms with Crippen LogP contribution in [0.5, 0.6) is 5.75 Å². The second-order valence-electron chi connectivity index (χ2n) is 17.4. The number of rotatable bonds is 11. The van der Waals surface area contributed by atoms with E-state index in [1.807, 2.05) is 63.2 Å². The van der Waals surface area contributed by atoms with Crippen molar-refractivity contribution in [2.24, 2.45) is 11.8 Å². The van der Waals surface area contributed by atoms with E-state index < -0.39 is 24.3 Å². The van der Waals surface area contributed by atoms with Gasteiger partial charge in [-0.25, -0.2) is 24.4 Å². The molecule has 2 aromatic heterocycles. The molecule has 0 radical (unpaired) electrons. The summed E-state index contributed by atoms with van der Waals surface area (Å²) in [6.07, 6.45) is 2.51. The first-order valence-electron chi connectivity index (χ1n) is 21.9. The Morgan fingerprint density at radius 2 is 1.71 bits per heavy atom. The summed E-state index contributed by atoms with van der Waals surface area (Å²) in [5.74, 6) is 1.54. The lowest BCUT2D eigenvalue weighted by molar-refractivity contribution is -0.490. The van der Waals surface area contributed by atoms with Crippen LogP contribution in [0.25, 0.3) is 44.2 Å². The van der Waals surface area contributed by atoms with Gasteiger partial charge < -0.3 is 44.4 Å². The number of nitrogens with zero attached hydrogens (tertiary/aromatic N) is 4. The van der Waals surface area contributed by atoms with Crippen LogP contribution in [0, 0.1) is 11.8 Å². The molecule has 4 amide bonds. The summed E-state index contributed by atoms with van der Waals surface area (Å²) in [5.41, 5.74) is 7.99. The predicted octanol–water partition coefficient (Wildman–Crippen LogP) is 7.51. The quantitative estimate of drug-likeness (QED) is 0.0947. The van der Waals surface area contributed by atoms with Crippen LogP contribution in [0.15, 0.2) is 79.0 Å². The summed E-state index contributed by atoms with van der Waals surface area (Å²) in [6, 6.07) is 21.3. The van der Waals surface area contributed by atoms with Crippen LogP contribution >= 0.6 is 0 Å². The Bertz CT molecular complexity index is 2850. The van der Waals surface area contributed by atoms with Gasteiger partial charge in [0.1, 0.15) is 24.2 Å². The minimum Gasteiger partial charge on any atom is -0.488 e. The van der Waals surface area contributed by atoms with Crippen LogP contribution in [0.3, 0.4) is 0 Å². The number of hydrogen-bond donors (Lipinski definition) is 4. The molecule has 3 aliphatic rings. The van der Waals surface area contributed by atoms with Gasteiger partial charge in [-0.05, 0) is 64.2 Å². The Labute approximate surface area is 375 Å². The fourth-order valence-corrected chi connectivity index (χ4v) is 9.65. The number of carbonyl (C=O) groups excluding carboxylic acids is 4. The number of amides is 4. The van der Waals surface area contributed by atoms with E-state index in [1.54, 1.807) is 22.8 Å². The molecule has 0 unspecified atom stereocenters. The average molecular weight is 882 g/mol. The van der Waals surface area contributed by atoms with E-state index in [1.165, 1.54) is 14.2 Å². The number of fused-ring (bicyclic) bond motifs is 6. The first kappa shape index (κ1) is 43.2. The number of aromatic amines is 2. The Morgan fingerprint density at radius 1 is 0.923 bits per heavy atom. The number of H-pyrrole nitrogens is 2. The monoisotopic (exact) mass is 881 g/mol. The molecule has 5 heterocycles. The first-order chi connectivity index (χ1) is 31.5. The number of likely N-dealkylation sites (tertiary alicyclic amines) is 1.